The van der Waals surface area contributed by atoms with Crippen molar-refractivity contribution < 1.29 is 4.79 Å². The fraction of sp³-hybridized carbons (Fsp3) is 0.103. The van der Waals surface area contributed by atoms with Crippen molar-refractivity contribution in [1.29, 1.82) is 0 Å². The number of aromatic amines is 2. The van der Waals surface area contributed by atoms with E-state index < -0.39 is 5.56 Å². The Balaban J connectivity index is 1.40. The van der Waals surface area contributed by atoms with E-state index >= 15 is 0 Å². The second kappa shape index (κ2) is 12.2. The summed E-state index contributed by atoms with van der Waals surface area (Å²) in [5, 5.41) is 14.3. The number of rotatable bonds is 8. The zero-order chi connectivity index (χ0) is 27.9. The third-order valence-corrected chi connectivity index (χ3v) is 7.18. The van der Waals surface area contributed by atoms with Gasteiger partial charge in [0.05, 0.1) is 31.6 Å². The Morgan fingerprint density at radius 3 is 2.73 bits per heavy atom. The molecular weight excluding hydrogens is 546 g/mol. The zero-order valence-electron chi connectivity index (χ0n) is 21.0. The first kappa shape index (κ1) is 26.6. The highest BCUT2D eigenvalue weighted by Gasteiger charge is 2.19. The fourth-order valence-electron chi connectivity index (χ4n) is 4.07. The molecular formula is C29H22ClN7O2S. The van der Waals surface area contributed by atoms with Crippen molar-refractivity contribution in [3.05, 3.63) is 111 Å². The number of anilines is 1. The SMILES string of the molecule is [C-]#[N+]c1c(NCC#CCn2cc(-c3[nH]ncc3-c3ccccc3Cl)cc2C(=O)NCc2ccccc2)s[nH]c1=O. The van der Waals surface area contributed by atoms with Crippen molar-refractivity contribution in [3.63, 3.8) is 0 Å². The number of hydrogen-bond donors (Lipinski definition) is 4. The van der Waals surface area contributed by atoms with E-state index in [0.717, 1.165) is 39.5 Å². The number of halogens is 1. The van der Waals surface area contributed by atoms with Crippen molar-refractivity contribution >= 4 is 39.7 Å². The van der Waals surface area contributed by atoms with E-state index in [2.05, 4.69) is 41.9 Å². The van der Waals surface area contributed by atoms with Crippen molar-refractivity contribution in [1.82, 2.24) is 24.5 Å². The van der Waals surface area contributed by atoms with Gasteiger partial charge in [0, 0.05) is 34.5 Å². The van der Waals surface area contributed by atoms with Crippen LogP contribution < -0.4 is 16.2 Å². The summed E-state index contributed by atoms with van der Waals surface area (Å²) in [6.45, 7) is 8.00. The van der Waals surface area contributed by atoms with Crippen LogP contribution in [0.5, 0.6) is 0 Å². The zero-order valence-corrected chi connectivity index (χ0v) is 22.6. The minimum Gasteiger partial charge on any atom is -0.373 e. The molecule has 3 aromatic heterocycles. The van der Waals surface area contributed by atoms with E-state index in [0.29, 0.717) is 22.3 Å². The van der Waals surface area contributed by atoms with Gasteiger partial charge < -0.3 is 15.2 Å². The molecule has 0 aliphatic carbocycles. The Labute approximate surface area is 238 Å². The maximum Gasteiger partial charge on any atom is 0.284 e. The standard InChI is InChI=1S/C29H22ClN7O2S/c1-31-26-28(39)36-40-29(26)32-13-7-8-14-37-18-20(15-24(37)27(38)33-16-19-9-3-2-4-10-19)25-22(17-34-35-25)21-11-5-6-12-23(21)30/h2-6,9-12,15,17-18,32H,13-14,16H2,(H,33,38)(H,34,35)(H,36,39). The van der Waals surface area contributed by atoms with E-state index in [9.17, 15) is 9.59 Å². The highest BCUT2D eigenvalue weighted by molar-refractivity contribution is 7.10. The average molecular weight is 568 g/mol. The van der Waals surface area contributed by atoms with Gasteiger partial charge in [-0.2, -0.15) is 5.10 Å². The van der Waals surface area contributed by atoms with Crippen molar-refractivity contribution in [2.75, 3.05) is 11.9 Å². The van der Waals surface area contributed by atoms with Crippen LogP contribution in [0.1, 0.15) is 16.1 Å². The van der Waals surface area contributed by atoms with Crippen molar-refractivity contribution in [2.24, 2.45) is 0 Å². The molecule has 0 unspecified atom stereocenters. The first-order valence-corrected chi connectivity index (χ1v) is 13.3. The molecule has 9 nitrogen and oxygen atoms in total. The maximum absolute atomic E-state index is 13.3. The molecule has 0 fully saturated rings. The monoisotopic (exact) mass is 567 g/mol. The number of amides is 1. The van der Waals surface area contributed by atoms with Gasteiger partial charge >= 0.3 is 0 Å². The lowest BCUT2D eigenvalue weighted by atomic mass is 10.0. The summed E-state index contributed by atoms with van der Waals surface area (Å²) in [5.41, 5.74) is 4.16. The van der Waals surface area contributed by atoms with E-state index in [4.69, 9.17) is 18.2 Å². The molecule has 5 aromatic rings. The molecule has 0 radical (unpaired) electrons. The normalized spacial score (nSPS) is 10.4. The minimum atomic E-state index is -0.420. The number of hydrogen-bond acceptors (Lipinski definition) is 5. The lowest BCUT2D eigenvalue weighted by Crippen LogP contribution is -2.25. The molecule has 5 rings (SSSR count). The summed E-state index contributed by atoms with van der Waals surface area (Å²) >= 11 is 7.51. The van der Waals surface area contributed by atoms with Crippen LogP contribution in [0.4, 0.5) is 10.7 Å². The predicted octanol–water partition coefficient (Wildman–Crippen LogP) is 5.54. The van der Waals surface area contributed by atoms with Crippen molar-refractivity contribution in [3.8, 4) is 34.2 Å². The van der Waals surface area contributed by atoms with Crippen LogP contribution in [-0.2, 0) is 13.1 Å². The molecule has 198 valence electrons. The summed E-state index contributed by atoms with van der Waals surface area (Å²) in [4.78, 5) is 28.2. The molecule has 0 saturated carbocycles. The van der Waals surface area contributed by atoms with Crippen molar-refractivity contribution in [2.45, 2.75) is 13.1 Å². The van der Waals surface area contributed by atoms with Gasteiger partial charge in [0.2, 0.25) is 0 Å². The third kappa shape index (κ3) is 5.84. The molecule has 0 spiro atoms. The first-order valence-electron chi connectivity index (χ1n) is 12.1. The summed E-state index contributed by atoms with van der Waals surface area (Å²) in [5.74, 6) is 5.81. The van der Waals surface area contributed by atoms with Gasteiger partial charge in [0.15, 0.2) is 0 Å². The van der Waals surface area contributed by atoms with E-state index in [-0.39, 0.29) is 24.7 Å². The molecule has 11 heteroatoms. The van der Waals surface area contributed by atoms with E-state index in [1.54, 1.807) is 16.8 Å². The summed E-state index contributed by atoms with van der Waals surface area (Å²) < 4.78 is 4.31. The number of carbonyl (C=O) groups is 1. The number of H-pyrrole nitrogens is 2. The maximum atomic E-state index is 13.3. The van der Waals surface area contributed by atoms with Gasteiger partial charge in [0.1, 0.15) is 10.7 Å². The quantitative estimate of drug-likeness (QED) is 0.146. The molecule has 0 aliphatic heterocycles. The first-order chi connectivity index (χ1) is 19.5. The lowest BCUT2D eigenvalue weighted by molar-refractivity contribution is 0.0942. The van der Waals surface area contributed by atoms with Gasteiger partial charge in [-0.3, -0.25) is 19.1 Å². The minimum absolute atomic E-state index is 0.0214. The topological polar surface area (TPSA) is 112 Å². The number of aromatic nitrogens is 4. The molecule has 3 heterocycles. The Hall–Kier alpha value is -5.03. The largest absolute Gasteiger partial charge is 0.373 e. The second-order valence-corrected chi connectivity index (χ2v) is 9.80. The summed E-state index contributed by atoms with van der Waals surface area (Å²) in [6, 6.07) is 19.0. The van der Waals surface area contributed by atoms with Gasteiger partial charge in [-0.15, -0.1) is 0 Å². The Bertz CT molecular complexity index is 1820. The number of nitrogens with one attached hydrogen (secondary N) is 4. The molecule has 0 saturated heterocycles. The Morgan fingerprint density at radius 2 is 1.93 bits per heavy atom. The van der Waals surface area contributed by atoms with E-state index in [1.165, 1.54) is 0 Å². The van der Waals surface area contributed by atoms with Crippen LogP contribution in [0.3, 0.4) is 0 Å². The average Bonchev–Trinajstić information content (AvgIpc) is 3.71. The van der Waals surface area contributed by atoms with Gasteiger partial charge in [0.25, 0.3) is 17.2 Å². The molecule has 2 aromatic carbocycles. The fourth-order valence-corrected chi connectivity index (χ4v) is 4.98. The van der Waals surface area contributed by atoms with Crippen LogP contribution in [0.25, 0.3) is 27.2 Å². The number of nitrogens with zero attached hydrogens (tertiary/aromatic N) is 3. The smallest absolute Gasteiger partial charge is 0.284 e. The lowest BCUT2D eigenvalue weighted by Gasteiger charge is -2.07. The molecule has 40 heavy (non-hydrogen) atoms. The highest BCUT2D eigenvalue weighted by Crippen LogP contribution is 2.35. The van der Waals surface area contributed by atoms with E-state index in [1.807, 2.05) is 60.8 Å². The second-order valence-electron chi connectivity index (χ2n) is 8.58. The Kier molecular flexibility index (Phi) is 8.12. The van der Waals surface area contributed by atoms with Crippen LogP contribution in [0.15, 0.2) is 77.9 Å². The number of benzene rings is 2. The molecule has 0 bridgehead atoms. The van der Waals surface area contributed by atoms with Crippen LogP contribution in [0.2, 0.25) is 5.02 Å². The molecule has 0 atom stereocenters. The van der Waals surface area contributed by atoms with Gasteiger partial charge in [-0.25, -0.2) is 4.85 Å². The van der Waals surface area contributed by atoms with Gasteiger partial charge in [-0.05, 0) is 17.7 Å². The van der Waals surface area contributed by atoms with Crippen LogP contribution >= 0.6 is 23.1 Å². The Morgan fingerprint density at radius 1 is 1.12 bits per heavy atom. The summed E-state index contributed by atoms with van der Waals surface area (Å²) in [6.07, 6.45) is 3.56. The van der Waals surface area contributed by atoms with Crippen LogP contribution in [0, 0.1) is 18.4 Å². The molecule has 0 aliphatic rings. The molecule has 1 amide bonds. The van der Waals surface area contributed by atoms with Gasteiger partial charge in [-0.1, -0.05) is 83.5 Å². The third-order valence-electron chi connectivity index (χ3n) is 6.02. The predicted molar refractivity (Wildman–Crippen MR) is 158 cm³/mol. The highest BCUT2D eigenvalue weighted by atomic mass is 35.5. The number of carbonyl (C=O) groups excluding carboxylic acids is 1. The summed E-state index contributed by atoms with van der Waals surface area (Å²) in [7, 11) is 0. The molecule has 4 N–H and O–H groups in total. The van der Waals surface area contributed by atoms with Crippen LogP contribution in [-0.4, -0.2) is 31.6 Å².